The largest absolute Gasteiger partial charge is 0.454 e. The van der Waals surface area contributed by atoms with E-state index in [9.17, 15) is 22.8 Å². The number of Topliss-reactive ketones (excluding diaryl/α,β-unsaturated/α-hetero) is 1. The fourth-order valence-corrected chi connectivity index (χ4v) is 3.23. The third-order valence-corrected chi connectivity index (χ3v) is 4.81. The molecule has 10 heteroatoms. The van der Waals surface area contributed by atoms with Gasteiger partial charge in [0.15, 0.2) is 17.3 Å². The minimum Gasteiger partial charge on any atom is -0.454 e. The predicted octanol–water partition coefficient (Wildman–Crippen LogP) is 4.38. The Morgan fingerprint density at radius 3 is 2.48 bits per heavy atom. The van der Waals surface area contributed by atoms with Gasteiger partial charge in [-0.3, -0.25) is 9.59 Å². The van der Waals surface area contributed by atoms with Gasteiger partial charge in [-0.1, -0.05) is 6.07 Å². The molecule has 0 radical (unpaired) electrons. The van der Waals surface area contributed by atoms with E-state index in [-0.39, 0.29) is 35.1 Å². The molecular weight excluding hydrogens is 415 g/mol. The Morgan fingerprint density at radius 1 is 1.10 bits per heavy atom. The lowest BCUT2D eigenvalue weighted by molar-refractivity contribution is -0.137. The molecule has 160 valence electrons. The van der Waals surface area contributed by atoms with Crippen molar-refractivity contribution in [3.63, 3.8) is 0 Å². The summed E-state index contributed by atoms with van der Waals surface area (Å²) in [6, 6.07) is 7.61. The van der Waals surface area contributed by atoms with E-state index in [1.807, 2.05) is 0 Å². The van der Waals surface area contributed by atoms with Crippen molar-refractivity contribution in [1.82, 2.24) is 9.78 Å². The number of hydrogen-bond acceptors (Lipinski definition) is 5. The molecule has 7 nitrogen and oxygen atoms in total. The molecule has 1 amide bonds. The quantitative estimate of drug-likeness (QED) is 0.620. The summed E-state index contributed by atoms with van der Waals surface area (Å²) >= 11 is 0. The third kappa shape index (κ3) is 3.83. The summed E-state index contributed by atoms with van der Waals surface area (Å²) in [5, 5.41) is 6.71. The monoisotopic (exact) mass is 431 g/mol. The van der Waals surface area contributed by atoms with Crippen LogP contribution in [0, 0.1) is 6.92 Å². The molecule has 0 atom stereocenters. The van der Waals surface area contributed by atoms with E-state index in [1.54, 1.807) is 6.92 Å². The van der Waals surface area contributed by atoms with Crippen LogP contribution in [-0.4, -0.2) is 28.3 Å². The smallest absolute Gasteiger partial charge is 0.416 e. The Hall–Kier alpha value is -3.82. The zero-order chi connectivity index (χ0) is 22.3. The number of carbonyl (C=O) groups is 2. The number of fused-ring (bicyclic) bond motifs is 1. The van der Waals surface area contributed by atoms with Crippen LogP contribution < -0.4 is 14.8 Å². The first-order chi connectivity index (χ1) is 14.6. The van der Waals surface area contributed by atoms with Gasteiger partial charge in [0.1, 0.15) is 0 Å². The van der Waals surface area contributed by atoms with Crippen molar-refractivity contribution in [3.05, 3.63) is 65.0 Å². The lowest BCUT2D eigenvalue weighted by Gasteiger charge is -2.11. The van der Waals surface area contributed by atoms with Crippen LogP contribution in [0.15, 0.2) is 42.6 Å². The van der Waals surface area contributed by atoms with Gasteiger partial charge in [-0.05, 0) is 38.1 Å². The molecule has 0 bridgehead atoms. The second kappa shape index (κ2) is 7.46. The average Bonchev–Trinajstić information content (AvgIpc) is 3.32. The van der Waals surface area contributed by atoms with Crippen molar-refractivity contribution >= 4 is 17.4 Å². The Balaban J connectivity index is 1.65. The number of amides is 1. The van der Waals surface area contributed by atoms with Gasteiger partial charge in [0.25, 0.3) is 5.91 Å². The summed E-state index contributed by atoms with van der Waals surface area (Å²) in [7, 11) is 0. The van der Waals surface area contributed by atoms with Crippen LogP contribution in [-0.2, 0) is 6.18 Å². The summed E-state index contributed by atoms with van der Waals surface area (Å²) in [4.78, 5) is 24.8. The van der Waals surface area contributed by atoms with E-state index >= 15 is 0 Å². The predicted molar refractivity (Wildman–Crippen MR) is 104 cm³/mol. The molecule has 31 heavy (non-hydrogen) atoms. The molecule has 0 unspecified atom stereocenters. The minimum absolute atomic E-state index is 0.00689. The molecule has 0 spiro atoms. The van der Waals surface area contributed by atoms with Crippen molar-refractivity contribution in [2.45, 2.75) is 20.0 Å². The molecular formula is C21H16F3N3O4. The number of rotatable bonds is 4. The Bertz CT molecular complexity index is 1200. The molecule has 0 aliphatic carbocycles. The molecule has 2 aromatic carbocycles. The number of alkyl halides is 3. The van der Waals surface area contributed by atoms with Gasteiger partial charge in [0, 0.05) is 11.6 Å². The maximum atomic E-state index is 13.0. The number of nitrogens with zero attached hydrogens (tertiary/aromatic N) is 2. The minimum atomic E-state index is -4.50. The van der Waals surface area contributed by atoms with Crippen LogP contribution in [0.25, 0.3) is 5.69 Å². The zero-order valence-electron chi connectivity index (χ0n) is 16.4. The number of anilines is 1. The van der Waals surface area contributed by atoms with E-state index in [4.69, 9.17) is 9.47 Å². The van der Waals surface area contributed by atoms with Crippen LogP contribution in [0.1, 0.15) is 38.9 Å². The van der Waals surface area contributed by atoms with E-state index in [2.05, 4.69) is 10.4 Å². The molecule has 3 aromatic rings. The molecule has 1 aromatic heterocycles. The van der Waals surface area contributed by atoms with Crippen LogP contribution >= 0.6 is 0 Å². The highest BCUT2D eigenvalue weighted by Crippen LogP contribution is 2.37. The summed E-state index contributed by atoms with van der Waals surface area (Å²) in [6.07, 6.45) is -3.24. The van der Waals surface area contributed by atoms with Gasteiger partial charge in [-0.2, -0.15) is 18.3 Å². The topological polar surface area (TPSA) is 82.5 Å². The van der Waals surface area contributed by atoms with Crippen LogP contribution in [0.4, 0.5) is 18.9 Å². The second-order valence-electron chi connectivity index (χ2n) is 6.86. The molecule has 2 heterocycles. The highest BCUT2D eigenvalue weighted by molar-refractivity contribution is 6.10. The maximum Gasteiger partial charge on any atom is 0.416 e. The molecule has 1 aliphatic rings. The summed E-state index contributed by atoms with van der Waals surface area (Å²) < 4.78 is 50.8. The molecule has 0 saturated heterocycles. The van der Waals surface area contributed by atoms with Crippen molar-refractivity contribution in [2.24, 2.45) is 0 Å². The van der Waals surface area contributed by atoms with Gasteiger partial charge in [-0.15, -0.1) is 0 Å². The average molecular weight is 431 g/mol. The van der Waals surface area contributed by atoms with E-state index in [0.717, 1.165) is 12.1 Å². The van der Waals surface area contributed by atoms with Crippen LogP contribution in [0.2, 0.25) is 0 Å². The first-order valence-corrected chi connectivity index (χ1v) is 9.13. The molecule has 0 saturated carbocycles. The molecule has 1 N–H and O–H groups in total. The number of halogens is 3. The van der Waals surface area contributed by atoms with Crippen LogP contribution in [0.3, 0.4) is 0 Å². The fraction of sp³-hybridized carbons (Fsp3) is 0.190. The standard InChI is InChI=1S/C21H16F3N3O4/c1-11-16(9-25-27(11)14-5-3-4-13(6-14)21(22,23)24)20(29)26-17-8-19-18(30-10-31-19)7-15(17)12(2)28/h3-9H,10H2,1-2H3,(H,26,29). The number of carbonyl (C=O) groups excluding carboxylic acids is 2. The van der Waals surface area contributed by atoms with Crippen molar-refractivity contribution in [1.29, 1.82) is 0 Å². The van der Waals surface area contributed by atoms with Crippen molar-refractivity contribution in [3.8, 4) is 17.2 Å². The first kappa shape index (κ1) is 20.5. The highest BCUT2D eigenvalue weighted by atomic mass is 19.4. The molecule has 1 aliphatic heterocycles. The number of nitrogens with one attached hydrogen (secondary N) is 1. The maximum absolute atomic E-state index is 13.0. The molecule has 4 rings (SSSR count). The third-order valence-electron chi connectivity index (χ3n) is 4.81. The van der Waals surface area contributed by atoms with E-state index in [1.165, 1.54) is 42.1 Å². The number of benzene rings is 2. The lowest BCUT2D eigenvalue weighted by Crippen LogP contribution is -2.15. The van der Waals surface area contributed by atoms with Gasteiger partial charge >= 0.3 is 6.18 Å². The van der Waals surface area contributed by atoms with Crippen LogP contribution in [0.5, 0.6) is 11.5 Å². The number of ether oxygens (including phenoxy) is 2. The SMILES string of the molecule is CC(=O)c1cc2c(cc1NC(=O)c1cnn(-c3cccc(C(F)(F)F)c3)c1C)OCO2. The zero-order valence-corrected chi connectivity index (χ0v) is 16.4. The van der Waals surface area contributed by atoms with Gasteiger partial charge in [0.05, 0.1) is 34.4 Å². The summed E-state index contributed by atoms with van der Waals surface area (Å²) in [5.41, 5.74) is 0.288. The van der Waals surface area contributed by atoms with Crippen molar-refractivity contribution in [2.75, 3.05) is 12.1 Å². The van der Waals surface area contributed by atoms with Gasteiger partial charge in [-0.25, -0.2) is 4.68 Å². The first-order valence-electron chi connectivity index (χ1n) is 9.13. The van der Waals surface area contributed by atoms with Gasteiger partial charge < -0.3 is 14.8 Å². The van der Waals surface area contributed by atoms with E-state index < -0.39 is 17.6 Å². The Morgan fingerprint density at radius 2 is 1.81 bits per heavy atom. The summed E-state index contributed by atoms with van der Waals surface area (Å²) in [6.45, 7) is 2.92. The normalized spacial score (nSPS) is 12.7. The number of ketones is 1. The Kier molecular flexibility index (Phi) is 4.92. The number of hydrogen-bond donors (Lipinski definition) is 1. The lowest BCUT2D eigenvalue weighted by atomic mass is 10.1. The van der Waals surface area contributed by atoms with Crippen molar-refractivity contribution < 1.29 is 32.2 Å². The Labute approximate surface area is 174 Å². The second-order valence-corrected chi connectivity index (χ2v) is 6.86. The number of aromatic nitrogens is 2. The fourth-order valence-electron chi connectivity index (χ4n) is 3.23. The van der Waals surface area contributed by atoms with Gasteiger partial charge in [0.2, 0.25) is 6.79 Å². The van der Waals surface area contributed by atoms with E-state index in [0.29, 0.717) is 17.2 Å². The molecule has 0 fully saturated rings. The highest BCUT2D eigenvalue weighted by Gasteiger charge is 2.31. The summed E-state index contributed by atoms with van der Waals surface area (Å²) in [5.74, 6) is -0.0736.